The molecule has 0 bridgehead atoms. The van der Waals surface area contributed by atoms with Crippen LogP contribution in [-0.2, 0) is 22.7 Å². The highest BCUT2D eigenvalue weighted by Crippen LogP contribution is 2.18. The van der Waals surface area contributed by atoms with Gasteiger partial charge in [0.15, 0.2) is 0 Å². The quantitative estimate of drug-likeness (QED) is 0.871. The summed E-state index contributed by atoms with van der Waals surface area (Å²) in [6.07, 6.45) is 4.92. The highest BCUT2D eigenvalue weighted by atomic mass is 16.2. The molecule has 1 fully saturated rings. The summed E-state index contributed by atoms with van der Waals surface area (Å²) in [5.41, 5.74) is 0.961. The Morgan fingerprint density at radius 1 is 1.25 bits per heavy atom. The van der Waals surface area contributed by atoms with E-state index in [2.05, 4.69) is 10.4 Å². The fraction of sp³-hybridized carbons (Fsp3) is 0.643. The molecule has 0 saturated carbocycles. The minimum absolute atomic E-state index is 0.00296. The zero-order valence-electron chi connectivity index (χ0n) is 12.3. The summed E-state index contributed by atoms with van der Waals surface area (Å²) in [6, 6.07) is -0.776. The summed E-state index contributed by atoms with van der Waals surface area (Å²) in [7, 11) is 0. The molecule has 110 valence electrons. The Hall–Kier alpha value is -1.85. The van der Waals surface area contributed by atoms with Crippen LogP contribution in [0, 0.1) is 0 Å². The predicted molar refractivity (Wildman–Crippen MR) is 74.8 cm³/mol. The number of nitrogens with zero attached hydrogens (tertiary/aromatic N) is 3. The van der Waals surface area contributed by atoms with Crippen molar-refractivity contribution in [3.63, 3.8) is 0 Å². The number of rotatable bonds is 5. The highest BCUT2D eigenvalue weighted by Gasteiger charge is 2.38. The van der Waals surface area contributed by atoms with E-state index < -0.39 is 6.04 Å². The van der Waals surface area contributed by atoms with Crippen LogP contribution in [0.25, 0.3) is 0 Å². The molecule has 1 aliphatic rings. The molecule has 0 radical (unpaired) electrons. The molecule has 2 unspecified atom stereocenters. The number of piperazine rings is 1. The van der Waals surface area contributed by atoms with Crippen LogP contribution in [0.1, 0.15) is 39.2 Å². The Bertz CT molecular complexity index is 497. The van der Waals surface area contributed by atoms with Crippen LogP contribution in [0.3, 0.4) is 0 Å². The van der Waals surface area contributed by atoms with E-state index in [0.717, 1.165) is 12.1 Å². The number of hydrogen-bond donors (Lipinski definition) is 1. The number of aryl methyl sites for hydroxylation is 1. The van der Waals surface area contributed by atoms with Crippen molar-refractivity contribution in [1.29, 1.82) is 0 Å². The monoisotopic (exact) mass is 278 g/mol. The van der Waals surface area contributed by atoms with Gasteiger partial charge in [-0.15, -0.1) is 0 Å². The average Bonchev–Trinajstić information content (AvgIpc) is 2.90. The minimum atomic E-state index is -0.397. The number of nitrogens with one attached hydrogen (secondary N) is 1. The molecule has 0 spiro atoms. The van der Waals surface area contributed by atoms with Crippen LogP contribution in [-0.4, -0.2) is 38.6 Å². The zero-order chi connectivity index (χ0) is 14.7. The topological polar surface area (TPSA) is 67.2 Å². The molecule has 6 nitrogen and oxygen atoms in total. The number of carbonyl (C=O) groups is 2. The molecule has 1 N–H and O–H groups in total. The van der Waals surface area contributed by atoms with Crippen molar-refractivity contribution in [1.82, 2.24) is 20.0 Å². The van der Waals surface area contributed by atoms with E-state index in [-0.39, 0.29) is 17.9 Å². The Labute approximate surface area is 119 Å². The first kappa shape index (κ1) is 14.6. The van der Waals surface area contributed by atoms with Crippen molar-refractivity contribution >= 4 is 11.8 Å². The van der Waals surface area contributed by atoms with Gasteiger partial charge in [-0.3, -0.25) is 14.3 Å². The standard InChI is InChI=1S/C14H22N4O2/c1-4-11-14(20)18(12(5-2)13(19)16-11)9-10-7-15-17(6-3)8-10/h7-8,11-12H,4-6,9H2,1-3H3,(H,16,19). The first-order chi connectivity index (χ1) is 9.60. The molecule has 6 heteroatoms. The minimum Gasteiger partial charge on any atom is -0.343 e. The van der Waals surface area contributed by atoms with Gasteiger partial charge in [0.05, 0.1) is 6.20 Å². The number of amides is 2. The van der Waals surface area contributed by atoms with Crippen molar-refractivity contribution in [2.75, 3.05) is 0 Å². The summed E-state index contributed by atoms with van der Waals surface area (Å²) in [4.78, 5) is 26.2. The van der Waals surface area contributed by atoms with Gasteiger partial charge in [0.1, 0.15) is 12.1 Å². The summed E-state index contributed by atoms with van der Waals surface area (Å²) >= 11 is 0. The normalized spacial score (nSPS) is 23.1. The van der Waals surface area contributed by atoms with E-state index in [9.17, 15) is 9.59 Å². The van der Waals surface area contributed by atoms with Crippen molar-refractivity contribution in [3.8, 4) is 0 Å². The molecular formula is C14H22N4O2. The van der Waals surface area contributed by atoms with E-state index in [4.69, 9.17) is 0 Å². The third-order valence-electron chi connectivity index (χ3n) is 3.74. The lowest BCUT2D eigenvalue weighted by Gasteiger charge is -2.38. The van der Waals surface area contributed by atoms with Crippen molar-refractivity contribution in [2.24, 2.45) is 0 Å². The van der Waals surface area contributed by atoms with Crippen LogP contribution in [0.5, 0.6) is 0 Å². The summed E-state index contributed by atoms with van der Waals surface area (Å²) in [5.74, 6) is -0.0509. The average molecular weight is 278 g/mol. The number of hydrogen-bond acceptors (Lipinski definition) is 3. The van der Waals surface area contributed by atoms with Gasteiger partial charge in [-0.05, 0) is 19.8 Å². The molecule has 20 heavy (non-hydrogen) atoms. The van der Waals surface area contributed by atoms with E-state index in [0.29, 0.717) is 19.4 Å². The van der Waals surface area contributed by atoms with Gasteiger partial charge in [0.25, 0.3) is 0 Å². The van der Waals surface area contributed by atoms with E-state index in [1.807, 2.05) is 31.6 Å². The van der Waals surface area contributed by atoms with Gasteiger partial charge < -0.3 is 10.2 Å². The van der Waals surface area contributed by atoms with Crippen LogP contribution < -0.4 is 5.32 Å². The Balaban J connectivity index is 2.19. The maximum Gasteiger partial charge on any atom is 0.246 e. The van der Waals surface area contributed by atoms with Crippen molar-refractivity contribution in [2.45, 2.75) is 58.8 Å². The first-order valence-electron chi connectivity index (χ1n) is 7.22. The van der Waals surface area contributed by atoms with Gasteiger partial charge in [-0.2, -0.15) is 5.10 Å². The molecule has 1 aliphatic heterocycles. The summed E-state index contributed by atoms with van der Waals surface area (Å²) < 4.78 is 1.82. The lowest BCUT2D eigenvalue weighted by atomic mass is 10.0. The first-order valence-corrected chi connectivity index (χ1v) is 7.22. The fourth-order valence-electron chi connectivity index (χ4n) is 2.55. The molecule has 2 atom stereocenters. The van der Waals surface area contributed by atoms with Crippen LogP contribution in [0.2, 0.25) is 0 Å². The third-order valence-corrected chi connectivity index (χ3v) is 3.74. The van der Waals surface area contributed by atoms with Crippen LogP contribution in [0.4, 0.5) is 0 Å². The SMILES string of the molecule is CCC1NC(=O)C(CC)N(Cc2cnn(CC)c2)C1=O. The second-order valence-corrected chi connectivity index (χ2v) is 5.06. The molecule has 1 aromatic heterocycles. The summed E-state index contributed by atoms with van der Waals surface area (Å²) in [6.45, 7) is 7.08. The number of carbonyl (C=O) groups excluding carboxylic acids is 2. The van der Waals surface area contributed by atoms with Gasteiger partial charge in [-0.1, -0.05) is 13.8 Å². The van der Waals surface area contributed by atoms with E-state index >= 15 is 0 Å². The van der Waals surface area contributed by atoms with E-state index in [1.165, 1.54) is 0 Å². The summed E-state index contributed by atoms with van der Waals surface area (Å²) in [5, 5.41) is 7.01. The third kappa shape index (κ3) is 2.69. The second-order valence-electron chi connectivity index (χ2n) is 5.06. The van der Waals surface area contributed by atoms with Crippen molar-refractivity contribution < 1.29 is 9.59 Å². The Morgan fingerprint density at radius 2 is 2.00 bits per heavy atom. The Kier molecular flexibility index (Phi) is 4.42. The molecule has 0 aromatic carbocycles. The molecular weight excluding hydrogens is 256 g/mol. The largest absolute Gasteiger partial charge is 0.343 e. The van der Waals surface area contributed by atoms with Crippen LogP contribution in [0.15, 0.2) is 12.4 Å². The highest BCUT2D eigenvalue weighted by molar-refractivity contribution is 5.96. The van der Waals surface area contributed by atoms with Crippen LogP contribution >= 0.6 is 0 Å². The smallest absolute Gasteiger partial charge is 0.246 e. The molecule has 0 aliphatic carbocycles. The fourth-order valence-corrected chi connectivity index (χ4v) is 2.55. The van der Waals surface area contributed by atoms with E-state index in [1.54, 1.807) is 11.1 Å². The van der Waals surface area contributed by atoms with Gasteiger partial charge in [0.2, 0.25) is 11.8 Å². The second kappa shape index (κ2) is 6.07. The lowest BCUT2D eigenvalue weighted by Crippen LogP contribution is -2.62. The molecule has 2 heterocycles. The maximum absolute atomic E-state index is 12.4. The Morgan fingerprint density at radius 3 is 2.55 bits per heavy atom. The molecule has 2 rings (SSSR count). The van der Waals surface area contributed by atoms with Crippen molar-refractivity contribution in [3.05, 3.63) is 18.0 Å². The molecule has 1 saturated heterocycles. The predicted octanol–water partition coefficient (Wildman–Crippen LogP) is 0.919. The van der Waals surface area contributed by atoms with Gasteiger partial charge in [0, 0.05) is 24.8 Å². The zero-order valence-corrected chi connectivity index (χ0v) is 12.3. The molecule has 1 aromatic rings. The maximum atomic E-state index is 12.4. The van der Waals surface area contributed by atoms with Gasteiger partial charge in [-0.25, -0.2) is 0 Å². The van der Waals surface area contributed by atoms with Gasteiger partial charge >= 0.3 is 0 Å². The molecule has 2 amide bonds. The number of aromatic nitrogens is 2. The lowest BCUT2D eigenvalue weighted by molar-refractivity contribution is -0.150.